The van der Waals surface area contributed by atoms with Crippen LogP contribution >= 0.6 is 0 Å². The summed E-state index contributed by atoms with van der Waals surface area (Å²) in [7, 11) is 1.74. The van der Waals surface area contributed by atoms with Gasteiger partial charge in [-0.25, -0.2) is 0 Å². The summed E-state index contributed by atoms with van der Waals surface area (Å²) < 4.78 is 0. The first kappa shape index (κ1) is 12.1. The van der Waals surface area contributed by atoms with Crippen LogP contribution in [-0.2, 0) is 9.59 Å². The number of amides is 1. The lowest BCUT2D eigenvalue weighted by molar-refractivity contribution is -0.122. The minimum atomic E-state index is -0.142. The Bertz CT molecular complexity index is 180. The molecule has 76 valence electrons. The fourth-order valence-electron chi connectivity index (χ4n) is 1.03. The summed E-state index contributed by atoms with van der Waals surface area (Å²) in [6.07, 6.45) is 1.14. The predicted molar refractivity (Wildman–Crippen MR) is 51.4 cm³/mol. The van der Waals surface area contributed by atoms with E-state index in [1.807, 2.05) is 0 Å². The second-order valence-electron chi connectivity index (χ2n) is 2.94. The van der Waals surface area contributed by atoms with Crippen molar-refractivity contribution in [1.82, 2.24) is 10.6 Å². The topological polar surface area (TPSA) is 58.2 Å². The lowest BCUT2D eigenvalue weighted by atomic mass is 10.1. The number of carbonyl (C=O) groups excluding carboxylic acids is 2. The normalized spacial score (nSPS) is 12.2. The smallest absolute Gasteiger partial charge is 0.219 e. The van der Waals surface area contributed by atoms with E-state index in [9.17, 15) is 9.59 Å². The molecule has 0 aliphatic carbocycles. The van der Waals surface area contributed by atoms with E-state index in [-0.39, 0.29) is 17.7 Å². The molecule has 1 atom stereocenters. The molecule has 4 nitrogen and oxygen atoms in total. The van der Waals surface area contributed by atoms with Crippen molar-refractivity contribution in [3.8, 4) is 0 Å². The van der Waals surface area contributed by atoms with Gasteiger partial charge in [-0.05, 0) is 20.4 Å². The molecule has 0 aromatic rings. The van der Waals surface area contributed by atoms with Crippen molar-refractivity contribution in [3.05, 3.63) is 0 Å². The summed E-state index contributed by atoms with van der Waals surface area (Å²) in [5.74, 6) is 0.131. The molecule has 0 saturated heterocycles. The quantitative estimate of drug-likeness (QED) is 0.617. The molecule has 0 aromatic heterocycles. The minimum absolute atomic E-state index is 0.0263. The fraction of sp³-hybridized carbons (Fsp3) is 0.778. The van der Waals surface area contributed by atoms with Crippen LogP contribution in [0.2, 0.25) is 0 Å². The van der Waals surface area contributed by atoms with E-state index in [2.05, 4.69) is 10.6 Å². The third kappa shape index (κ3) is 5.36. The second kappa shape index (κ2) is 6.60. The Balaban J connectivity index is 3.61. The maximum atomic E-state index is 10.9. The summed E-state index contributed by atoms with van der Waals surface area (Å²) in [6.45, 7) is 3.90. The number of likely N-dealkylation sites (N-methyl/N-ethyl adjacent to an activating group) is 1. The van der Waals surface area contributed by atoms with Gasteiger partial charge in [0.25, 0.3) is 0 Å². The molecule has 0 aliphatic heterocycles. The lowest BCUT2D eigenvalue weighted by Gasteiger charge is -2.12. The summed E-state index contributed by atoms with van der Waals surface area (Å²) in [4.78, 5) is 21.8. The van der Waals surface area contributed by atoms with Crippen molar-refractivity contribution in [1.29, 1.82) is 0 Å². The number of ketones is 1. The van der Waals surface area contributed by atoms with Crippen molar-refractivity contribution in [2.45, 2.75) is 32.7 Å². The molecule has 0 aliphatic rings. The minimum Gasteiger partial charge on any atom is -0.356 e. The van der Waals surface area contributed by atoms with Crippen LogP contribution in [0.25, 0.3) is 0 Å². The largest absolute Gasteiger partial charge is 0.356 e. The first-order valence-electron chi connectivity index (χ1n) is 4.56. The third-order valence-corrected chi connectivity index (χ3v) is 1.92. The van der Waals surface area contributed by atoms with Gasteiger partial charge in [-0.3, -0.25) is 9.59 Å². The van der Waals surface area contributed by atoms with Crippen LogP contribution in [0.5, 0.6) is 0 Å². The average molecular weight is 186 g/mol. The Morgan fingerprint density at radius 1 is 1.38 bits per heavy atom. The molecule has 0 unspecified atom stereocenters. The Hall–Kier alpha value is -0.900. The average Bonchev–Trinajstić information content (AvgIpc) is 2.11. The van der Waals surface area contributed by atoms with E-state index in [1.54, 1.807) is 20.9 Å². The number of hydrogen-bond donors (Lipinski definition) is 2. The van der Waals surface area contributed by atoms with Crippen molar-refractivity contribution >= 4 is 11.7 Å². The molecule has 13 heavy (non-hydrogen) atoms. The van der Waals surface area contributed by atoms with Gasteiger partial charge in [-0.15, -0.1) is 0 Å². The molecule has 1 amide bonds. The van der Waals surface area contributed by atoms with Gasteiger partial charge < -0.3 is 10.6 Å². The number of carbonyl (C=O) groups is 2. The molecule has 0 aromatic carbocycles. The zero-order valence-corrected chi connectivity index (χ0v) is 8.52. The van der Waals surface area contributed by atoms with Gasteiger partial charge in [0.2, 0.25) is 5.91 Å². The lowest BCUT2D eigenvalue weighted by Crippen LogP contribution is -2.36. The number of Topliss-reactive ketones (excluding diaryl/α,β-unsaturated/α-hetero) is 1. The Morgan fingerprint density at radius 2 is 2.00 bits per heavy atom. The fourth-order valence-corrected chi connectivity index (χ4v) is 1.03. The van der Waals surface area contributed by atoms with Gasteiger partial charge in [-0.1, -0.05) is 6.92 Å². The molecular formula is C9H18N2O2. The second-order valence-corrected chi connectivity index (χ2v) is 2.94. The van der Waals surface area contributed by atoms with E-state index in [1.165, 1.54) is 0 Å². The highest BCUT2D eigenvalue weighted by Crippen LogP contribution is 1.91. The van der Waals surface area contributed by atoms with E-state index < -0.39 is 0 Å². The molecule has 0 fully saturated rings. The summed E-state index contributed by atoms with van der Waals surface area (Å²) in [5, 5.41) is 5.61. The van der Waals surface area contributed by atoms with Gasteiger partial charge in [0.1, 0.15) is 5.78 Å². The summed E-state index contributed by atoms with van der Waals surface area (Å²) >= 11 is 0. The first-order chi connectivity index (χ1) is 6.11. The zero-order valence-electron chi connectivity index (χ0n) is 8.52. The van der Waals surface area contributed by atoms with Crippen LogP contribution in [-0.4, -0.2) is 31.3 Å². The van der Waals surface area contributed by atoms with E-state index in [0.29, 0.717) is 19.4 Å². The molecule has 0 bridgehead atoms. The zero-order chi connectivity index (χ0) is 10.3. The molecule has 0 saturated carbocycles. The Labute approximate surface area is 79.1 Å². The van der Waals surface area contributed by atoms with E-state index in [0.717, 1.165) is 0 Å². The number of nitrogens with one attached hydrogen (secondary N) is 2. The molecule has 0 rings (SSSR count). The van der Waals surface area contributed by atoms with Crippen molar-refractivity contribution in [2.24, 2.45) is 0 Å². The predicted octanol–water partition coefficient (Wildman–Crippen LogP) is 0.0797. The van der Waals surface area contributed by atoms with Crippen LogP contribution in [0.15, 0.2) is 0 Å². The Morgan fingerprint density at radius 3 is 2.38 bits per heavy atom. The van der Waals surface area contributed by atoms with Crippen LogP contribution in [0, 0.1) is 0 Å². The number of hydrogen-bond acceptors (Lipinski definition) is 3. The summed E-state index contributed by atoms with van der Waals surface area (Å²) in [5.41, 5.74) is 0. The SMILES string of the molecule is CCC(=O)NCC[C@@H](NC)C(C)=O. The van der Waals surface area contributed by atoms with Crippen molar-refractivity contribution in [3.63, 3.8) is 0 Å². The maximum Gasteiger partial charge on any atom is 0.219 e. The van der Waals surface area contributed by atoms with Gasteiger partial charge in [-0.2, -0.15) is 0 Å². The Kier molecular flexibility index (Phi) is 6.14. The van der Waals surface area contributed by atoms with Gasteiger partial charge in [0.15, 0.2) is 0 Å². The van der Waals surface area contributed by atoms with Crippen LogP contribution in [0.1, 0.15) is 26.7 Å². The highest BCUT2D eigenvalue weighted by molar-refractivity contribution is 5.81. The van der Waals surface area contributed by atoms with Crippen LogP contribution in [0.4, 0.5) is 0 Å². The van der Waals surface area contributed by atoms with E-state index in [4.69, 9.17) is 0 Å². The molecule has 0 radical (unpaired) electrons. The van der Waals surface area contributed by atoms with Crippen molar-refractivity contribution < 1.29 is 9.59 Å². The molecule has 0 spiro atoms. The van der Waals surface area contributed by atoms with Gasteiger partial charge in [0, 0.05) is 13.0 Å². The highest BCUT2D eigenvalue weighted by atomic mass is 16.1. The molecular weight excluding hydrogens is 168 g/mol. The molecule has 4 heteroatoms. The van der Waals surface area contributed by atoms with Gasteiger partial charge >= 0.3 is 0 Å². The van der Waals surface area contributed by atoms with Crippen LogP contribution < -0.4 is 10.6 Å². The summed E-state index contributed by atoms with van der Waals surface area (Å²) in [6, 6.07) is -0.142. The number of rotatable bonds is 6. The highest BCUT2D eigenvalue weighted by Gasteiger charge is 2.10. The van der Waals surface area contributed by atoms with Gasteiger partial charge in [0.05, 0.1) is 6.04 Å². The molecule has 0 heterocycles. The van der Waals surface area contributed by atoms with E-state index >= 15 is 0 Å². The first-order valence-corrected chi connectivity index (χ1v) is 4.56. The van der Waals surface area contributed by atoms with Crippen LogP contribution in [0.3, 0.4) is 0 Å². The van der Waals surface area contributed by atoms with Crippen molar-refractivity contribution in [2.75, 3.05) is 13.6 Å². The molecule has 2 N–H and O–H groups in total. The third-order valence-electron chi connectivity index (χ3n) is 1.92. The maximum absolute atomic E-state index is 10.9. The standard InChI is InChI=1S/C9H18N2O2/c1-4-9(13)11-6-5-8(10-3)7(2)12/h8,10H,4-6H2,1-3H3,(H,11,13)/t8-/m1/s1. The monoisotopic (exact) mass is 186 g/mol.